The molecule has 0 aliphatic heterocycles. The summed E-state index contributed by atoms with van der Waals surface area (Å²) in [5, 5.41) is -1.62. The van der Waals surface area contributed by atoms with Crippen LogP contribution in [0.4, 0.5) is 5.82 Å². The molecule has 1 aromatic rings. The summed E-state index contributed by atoms with van der Waals surface area (Å²) in [6.07, 6.45) is 2.13. The highest BCUT2D eigenvalue weighted by Gasteiger charge is 2.43. The van der Waals surface area contributed by atoms with E-state index in [4.69, 9.17) is 5.73 Å². The predicted octanol–water partition coefficient (Wildman–Crippen LogP) is 2.52. The summed E-state index contributed by atoms with van der Waals surface area (Å²) >= 11 is 0. The van der Waals surface area contributed by atoms with Crippen LogP contribution in [0.1, 0.15) is 49.9 Å². The molecule has 4 N–H and O–H groups in total. The number of unbranched alkanes of at least 4 members (excludes halogenated alkanes) is 1. The van der Waals surface area contributed by atoms with Gasteiger partial charge in [0.2, 0.25) is 0 Å². The van der Waals surface area contributed by atoms with Gasteiger partial charge >= 0.3 is 7.60 Å². The summed E-state index contributed by atoms with van der Waals surface area (Å²) in [7, 11) is -4.43. The number of hydrogen-bond acceptors (Lipinski definition) is 4. The van der Waals surface area contributed by atoms with Crippen molar-refractivity contribution in [1.29, 1.82) is 0 Å². The molecule has 22 heavy (non-hydrogen) atoms. The Bertz CT molecular complexity index is 608. The number of Topliss-reactive ketones (excluding diaryl/α,β-unsaturated/α-hetero) is 1. The summed E-state index contributed by atoms with van der Waals surface area (Å²) in [5.74, 6) is 0.105. The van der Waals surface area contributed by atoms with Crippen molar-refractivity contribution in [2.75, 3.05) is 5.73 Å². The third kappa shape index (κ3) is 4.38. The van der Waals surface area contributed by atoms with Crippen LogP contribution in [-0.2, 0) is 15.8 Å². The summed E-state index contributed by atoms with van der Waals surface area (Å²) in [6.45, 7) is 6.46. The van der Waals surface area contributed by atoms with Crippen molar-refractivity contribution in [2.45, 2.75) is 58.5 Å². The number of ketones is 1. The number of carbonyl (C=O) groups is 1. The van der Waals surface area contributed by atoms with Gasteiger partial charge in [0.05, 0.1) is 0 Å². The SMILES string of the molecule is Cc1cc(C)c(CCCCC(=O)C(C)(C)P(=O)(O)O)nc1N. The lowest BCUT2D eigenvalue weighted by Crippen LogP contribution is -2.31. The number of nitrogen functional groups attached to an aromatic ring is 1. The van der Waals surface area contributed by atoms with E-state index in [9.17, 15) is 19.1 Å². The first kappa shape index (κ1) is 18.8. The molecule has 0 amide bonds. The van der Waals surface area contributed by atoms with Crippen LogP contribution in [0.3, 0.4) is 0 Å². The van der Waals surface area contributed by atoms with E-state index in [1.54, 1.807) is 0 Å². The number of nitrogens with two attached hydrogens (primary N) is 1. The molecule has 0 bridgehead atoms. The molecule has 6 nitrogen and oxygen atoms in total. The molecule has 1 heterocycles. The Labute approximate surface area is 131 Å². The van der Waals surface area contributed by atoms with Crippen LogP contribution in [0.2, 0.25) is 0 Å². The maximum absolute atomic E-state index is 12.0. The second-order valence-corrected chi connectivity index (χ2v) is 8.39. The highest BCUT2D eigenvalue weighted by Crippen LogP contribution is 2.51. The molecule has 0 saturated carbocycles. The van der Waals surface area contributed by atoms with Gasteiger partial charge in [0.25, 0.3) is 0 Å². The molecule has 0 spiro atoms. The average molecular weight is 328 g/mol. The number of anilines is 1. The molecule has 0 unspecified atom stereocenters. The summed E-state index contributed by atoms with van der Waals surface area (Å²) in [6, 6.07) is 1.99. The van der Waals surface area contributed by atoms with Gasteiger partial charge in [-0.15, -0.1) is 0 Å². The molecule has 0 aromatic carbocycles. The van der Waals surface area contributed by atoms with Gasteiger partial charge < -0.3 is 15.5 Å². The van der Waals surface area contributed by atoms with Crippen molar-refractivity contribution in [3.8, 4) is 0 Å². The smallest absolute Gasteiger partial charge is 0.338 e. The van der Waals surface area contributed by atoms with Crippen molar-refractivity contribution in [1.82, 2.24) is 4.98 Å². The minimum absolute atomic E-state index is 0.151. The predicted molar refractivity (Wildman–Crippen MR) is 86.8 cm³/mol. The van der Waals surface area contributed by atoms with Crippen LogP contribution in [0.15, 0.2) is 6.07 Å². The highest BCUT2D eigenvalue weighted by molar-refractivity contribution is 7.54. The van der Waals surface area contributed by atoms with Gasteiger partial charge in [-0.25, -0.2) is 4.98 Å². The summed E-state index contributed by atoms with van der Waals surface area (Å²) in [4.78, 5) is 34.7. The highest BCUT2D eigenvalue weighted by atomic mass is 31.2. The lowest BCUT2D eigenvalue weighted by atomic mass is 10.0. The van der Waals surface area contributed by atoms with Gasteiger partial charge in [-0.1, -0.05) is 6.07 Å². The zero-order valence-corrected chi connectivity index (χ0v) is 14.5. The summed E-state index contributed by atoms with van der Waals surface area (Å²) in [5.41, 5.74) is 8.71. The van der Waals surface area contributed by atoms with E-state index in [-0.39, 0.29) is 6.42 Å². The topological polar surface area (TPSA) is 114 Å². The van der Waals surface area contributed by atoms with E-state index in [2.05, 4.69) is 4.98 Å². The zero-order chi connectivity index (χ0) is 17.1. The van der Waals surface area contributed by atoms with Crippen molar-refractivity contribution < 1.29 is 19.1 Å². The van der Waals surface area contributed by atoms with Crippen molar-refractivity contribution in [2.24, 2.45) is 0 Å². The fourth-order valence-corrected chi connectivity index (χ4v) is 2.54. The molecule has 0 fully saturated rings. The first-order valence-electron chi connectivity index (χ1n) is 7.28. The fraction of sp³-hybridized carbons (Fsp3) is 0.600. The van der Waals surface area contributed by atoms with E-state index in [1.807, 2.05) is 19.9 Å². The Morgan fingerprint density at radius 3 is 2.41 bits per heavy atom. The van der Waals surface area contributed by atoms with Gasteiger partial charge in [0, 0.05) is 12.1 Å². The van der Waals surface area contributed by atoms with E-state index in [0.717, 1.165) is 23.2 Å². The van der Waals surface area contributed by atoms with Gasteiger partial charge in [-0.05, 0) is 58.1 Å². The maximum Gasteiger partial charge on any atom is 0.338 e. The van der Waals surface area contributed by atoms with Gasteiger partial charge in [0.15, 0.2) is 5.78 Å². The first-order chi connectivity index (χ1) is 9.96. The van der Waals surface area contributed by atoms with Crippen molar-refractivity contribution in [3.05, 3.63) is 22.9 Å². The lowest BCUT2D eigenvalue weighted by molar-refractivity contribution is -0.121. The van der Waals surface area contributed by atoms with E-state index in [0.29, 0.717) is 18.7 Å². The van der Waals surface area contributed by atoms with E-state index < -0.39 is 18.5 Å². The second kappa shape index (κ2) is 6.90. The maximum atomic E-state index is 12.0. The number of rotatable bonds is 7. The van der Waals surface area contributed by atoms with Crippen LogP contribution in [0.5, 0.6) is 0 Å². The molecule has 0 radical (unpaired) electrons. The van der Waals surface area contributed by atoms with Gasteiger partial charge in [0.1, 0.15) is 11.0 Å². The summed E-state index contributed by atoms with van der Waals surface area (Å²) < 4.78 is 11.3. The second-order valence-electron chi connectivity index (χ2n) is 6.19. The number of aromatic nitrogens is 1. The molecule has 0 atom stereocenters. The van der Waals surface area contributed by atoms with Crippen LogP contribution in [-0.4, -0.2) is 25.7 Å². The molecular formula is C15H25N2O4P. The van der Waals surface area contributed by atoms with Gasteiger partial charge in [-0.3, -0.25) is 9.36 Å². The first-order valence-corrected chi connectivity index (χ1v) is 8.89. The molecule has 7 heteroatoms. The van der Waals surface area contributed by atoms with Crippen LogP contribution < -0.4 is 5.73 Å². The Morgan fingerprint density at radius 1 is 1.27 bits per heavy atom. The molecule has 0 aliphatic carbocycles. The minimum atomic E-state index is -4.43. The number of pyridine rings is 1. The van der Waals surface area contributed by atoms with Crippen LogP contribution in [0.25, 0.3) is 0 Å². The molecule has 124 valence electrons. The van der Waals surface area contributed by atoms with E-state index in [1.165, 1.54) is 13.8 Å². The quantitative estimate of drug-likeness (QED) is 0.523. The van der Waals surface area contributed by atoms with E-state index >= 15 is 0 Å². The standard InChI is InChI=1S/C15H25N2O4P/c1-10-9-11(2)14(16)17-12(10)7-5-6-8-13(18)15(3,4)22(19,20)21/h9H,5-8H2,1-4H3,(H2,16,17)(H2,19,20,21). The van der Waals surface area contributed by atoms with Crippen LogP contribution in [0, 0.1) is 13.8 Å². The van der Waals surface area contributed by atoms with Crippen LogP contribution >= 0.6 is 7.60 Å². The average Bonchev–Trinajstić information content (AvgIpc) is 2.38. The number of nitrogens with zero attached hydrogens (tertiary/aromatic N) is 1. The van der Waals surface area contributed by atoms with Gasteiger partial charge in [-0.2, -0.15) is 0 Å². The van der Waals surface area contributed by atoms with Crippen molar-refractivity contribution in [3.63, 3.8) is 0 Å². The van der Waals surface area contributed by atoms with Crippen molar-refractivity contribution >= 4 is 19.2 Å². The minimum Gasteiger partial charge on any atom is -0.383 e. The number of carbonyl (C=O) groups excluding carboxylic acids is 1. The molecule has 1 rings (SSSR count). The number of hydrogen-bond donors (Lipinski definition) is 3. The Kier molecular flexibility index (Phi) is 5.90. The third-order valence-electron chi connectivity index (χ3n) is 4.03. The lowest BCUT2D eigenvalue weighted by Gasteiger charge is -2.24. The third-order valence-corrected chi connectivity index (χ3v) is 5.73. The molecule has 1 aromatic heterocycles. The normalized spacial score (nSPS) is 12.5. The Hall–Kier alpha value is -1.23. The molecule has 0 saturated heterocycles. The molecule has 0 aliphatic rings. The number of aryl methyl sites for hydroxylation is 3. The largest absolute Gasteiger partial charge is 0.383 e. The molecular weight excluding hydrogens is 303 g/mol. The Balaban J connectivity index is 2.55. The Morgan fingerprint density at radius 2 is 1.86 bits per heavy atom. The monoisotopic (exact) mass is 328 g/mol. The fourth-order valence-electron chi connectivity index (χ4n) is 2.10. The zero-order valence-electron chi connectivity index (χ0n) is 13.6.